The van der Waals surface area contributed by atoms with Crippen LogP contribution in [0.4, 0.5) is 10.2 Å². The van der Waals surface area contributed by atoms with Crippen LogP contribution in [0.15, 0.2) is 36.7 Å². The molecule has 0 aliphatic heterocycles. The van der Waals surface area contributed by atoms with Crippen molar-refractivity contribution >= 4 is 11.8 Å². The third-order valence-electron chi connectivity index (χ3n) is 3.83. The number of benzene rings is 1. The van der Waals surface area contributed by atoms with Crippen molar-refractivity contribution in [3.05, 3.63) is 65.1 Å². The van der Waals surface area contributed by atoms with E-state index < -0.39 is 5.97 Å². The normalized spacial score (nSPS) is 10.7. The molecule has 8 heteroatoms. The number of aromatic nitrogens is 4. The molecule has 2 heterocycles. The molecule has 0 atom stereocenters. The van der Waals surface area contributed by atoms with Gasteiger partial charge in [0.2, 0.25) is 0 Å². The molecule has 2 N–H and O–H groups in total. The van der Waals surface area contributed by atoms with Crippen molar-refractivity contribution in [2.24, 2.45) is 0 Å². The van der Waals surface area contributed by atoms with Gasteiger partial charge in [0.25, 0.3) is 0 Å². The van der Waals surface area contributed by atoms with Crippen molar-refractivity contribution in [2.45, 2.75) is 20.4 Å². The summed E-state index contributed by atoms with van der Waals surface area (Å²) in [4.78, 5) is 18.6. The fourth-order valence-electron chi connectivity index (χ4n) is 2.47. The number of nitrogens with one attached hydrogen (secondary N) is 1. The molecule has 128 valence electrons. The van der Waals surface area contributed by atoms with Crippen molar-refractivity contribution < 1.29 is 14.3 Å². The number of carboxylic acid groups (broad SMARTS) is 1. The van der Waals surface area contributed by atoms with E-state index in [0.29, 0.717) is 12.4 Å². The molecule has 0 saturated heterocycles. The van der Waals surface area contributed by atoms with Crippen LogP contribution in [0.2, 0.25) is 0 Å². The quantitative estimate of drug-likeness (QED) is 0.741. The van der Waals surface area contributed by atoms with E-state index in [2.05, 4.69) is 20.4 Å². The van der Waals surface area contributed by atoms with Gasteiger partial charge in [-0.2, -0.15) is 5.10 Å². The maximum atomic E-state index is 13.1. The predicted molar refractivity (Wildman–Crippen MR) is 89.3 cm³/mol. The smallest absolute Gasteiger partial charge is 0.356 e. The summed E-state index contributed by atoms with van der Waals surface area (Å²) in [6.07, 6.45) is 2.57. The molecule has 0 aliphatic carbocycles. The van der Waals surface area contributed by atoms with Crippen LogP contribution in [0.1, 0.15) is 27.4 Å². The van der Waals surface area contributed by atoms with Gasteiger partial charge in [-0.25, -0.2) is 23.8 Å². The van der Waals surface area contributed by atoms with Crippen LogP contribution in [0.5, 0.6) is 0 Å². The number of nitrogens with zero attached hydrogens (tertiary/aromatic N) is 4. The number of halogens is 1. The van der Waals surface area contributed by atoms with Gasteiger partial charge >= 0.3 is 5.97 Å². The number of hydrogen-bond donors (Lipinski definition) is 2. The van der Waals surface area contributed by atoms with E-state index in [1.165, 1.54) is 24.5 Å². The Morgan fingerprint density at radius 3 is 2.52 bits per heavy atom. The molecule has 2 aromatic heterocycles. The van der Waals surface area contributed by atoms with Crippen LogP contribution < -0.4 is 5.32 Å². The minimum absolute atomic E-state index is 0.109. The number of aryl methyl sites for hydroxylation is 1. The third kappa shape index (κ3) is 3.47. The highest BCUT2D eigenvalue weighted by atomic mass is 19.1. The fraction of sp³-hybridized carbons (Fsp3) is 0.176. The third-order valence-corrected chi connectivity index (χ3v) is 3.83. The Morgan fingerprint density at radius 1 is 1.20 bits per heavy atom. The molecule has 1 aromatic carbocycles. The SMILES string of the molecule is Cc1nn(-c2ccc(F)cc2)c(C)c1CNc1cnc(C(=O)O)cn1. The number of rotatable bonds is 5. The lowest BCUT2D eigenvalue weighted by Gasteiger charge is -2.07. The Hall–Kier alpha value is -3.29. The zero-order chi connectivity index (χ0) is 18.0. The first kappa shape index (κ1) is 16.6. The van der Waals surface area contributed by atoms with Gasteiger partial charge in [-0.3, -0.25) is 0 Å². The van der Waals surface area contributed by atoms with Crippen molar-refractivity contribution in [1.29, 1.82) is 0 Å². The summed E-state index contributed by atoms with van der Waals surface area (Å²) >= 11 is 0. The average molecular weight is 341 g/mol. The first-order valence-corrected chi connectivity index (χ1v) is 7.56. The molecule has 7 nitrogen and oxygen atoms in total. The maximum Gasteiger partial charge on any atom is 0.356 e. The molecule has 0 fully saturated rings. The van der Waals surface area contributed by atoms with E-state index >= 15 is 0 Å². The van der Waals surface area contributed by atoms with Gasteiger partial charge in [-0.05, 0) is 38.1 Å². The summed E-state index contributed by atoms with van der Waals surface area (Å²) in [5.74, 6) is -0.944. The highest BCUT2D eigenvalue weighted by Crippen LogP contribution is 2.19. The molecule has 25 heavy (non-hydrogen) atoms. The van der Waals surface area contributed by atoms with Crippen LogP contribution >= 0.6 is 0 Å². The number of aromatic carboxylic acids is 1. The van der Waals surface area contributed by atoms with Crippen LogP contribution in [0.3, 0.4) is 0 Å². The van der Waals surface area contributed by atoms with E-state index in [9.17, 15) is 9.18 Å². The highest BCUT2D eigenvalue weighted by Gasteiger charge is 2.13. The van der Waals surface area contributed by atoms with Crippen LogP contribution in [-0.2, 0) is 6.54 Å². The lowest BCUT2D eigenvalue weighted by molar-refractivity contribution is 0.0690. The molecule has 0 unspecified atom stereocenters. The summed E-state index contributed by atoms with van der Waals surface area (Å²) in [7, 11) is 0. The number of anilines is 1. The summed E-state index contributed by atoms with van der Waals surface area (Å²) in [6.45, 7) is 4.28. The molecular weight excluding hydrogens is 325 g/mol. The Kier molecular flexibility index (Phi) is 4.42. The lowest BCUT2D eigenvalue weighted by Crippen LogP contribution is -2.07. The van der Waals surface area contributed by atoms with Crippen molar-refractivity contribution in [3.63, 3.8) is 0 Å². The van der Waals surface area contributed by atoms with Crippen LogP contribution in [0, 0.1) is 19.7 Å². The first-order valence-electron chi connectivity index (χ1n) is 7.56. The first-order chi connectivity index (χ1) is 12.0. The Balaban J connectivity index is 1.79. The van der Waals surface area contributed by atoms with E-state index in [4.69, 9.17) is 5.11 Å². The van der Waals surface area contributed by atoms with Crippen LogP contribution in [-0.4, -0.2) is 30.8 Å². The Morgan fingerprint density at radius 2 is 1.92 bits per heavy atom. The van der Waals surface area contributed by atoms with Crippen molar-refractivity contribution in [1.82, 2.24) is 19.7 Å². The largest absolute Gasteiger partial charge is 0.476 e. The second kappa shape index (κ2) is 6.68. The summed E-state index contributed by atoms with van der Waals surface area (Å²) < 4.78 is 14.8. The minimum atomic E-state index is -1.12. The number of carbonyl (C=O) groups is 1. The van der Waals surface area contributed by atoms with Gasteiger partial charge in [0.05, 0.1) is 23.8 Å². The van der Waals surface area contributed by atoms with Gasteiger partial charge in [0.1, 0.15) is 11.6 Å². The molecule has 0 radical (unpaired) electrons. The second-order valence-corrected chi connectivity index (χ2v) is 5.48. The van der Waals surface area contributed by atoms with Gasteiger partial charge < -0.3 is 10.4 Å². The standard InChI is InChI=1S/C17H16FN5O2/c1-10-14(7-20-16-9-19-15(8-21-16)17(24)25)11(2)23(22-10)13-5-3-12(18)4-6-13/h3-6,8-9H,7H2,1-2H3,(H,20,21)(H,24,25). The Bertz CT molecular complexity index is 904. The monoisotopic (exact) mass is 341 g/mol. The molecule has 3 rings (SSSR count). The number of hydrogen-bond acceptors (Lipinski definition) is 5. The molecule has 0 aliphatic rings. The second-order valence-electron chi connectivity index (χ2n) is 5.48. The van der Waals surface area contributed by atoms with Gasteiger partial charge in [-0.15, -0.1) is 0 Å². The van der Waals surface area contributed by atoms with Crippen LogP contribution in [0.25, 0.3) is 5.69 Å². The molecular formula is C17H16FN5O2. The van der Waals surface area contributed by atoms with E-state index in [-0.39, 0.29) is 11.5 Å². The summed E-state index contributed by atoms with van der Waals surface area (Å²) in [5.41, 5.74) is 3.41. The van der Waals surface area contributed by atoms with E-state index in [1.807, 2.05) is 13.8 Å². The van der Waals surface area contributed by atoms with Crippen molar-refractivity contribution in [2.75, 3.05) is 5.32 Å². The minimum Gasteiger partial charge on any atom is -0.476 e. The van der Waals surface area contributed by atoms with Crippen molar-refractivity contribution in [3.8, 4) is 5.69 Å². The molecule has 0 bridgehead atoms. The molecule has 0 amide bonds. The topological polar surface area (TPSA) is 92.9 Å². The zero-order valence-electron chi connectivity index (χ0n) is 13.7. The molecule has 3 aromatic rings. The van der Waals surface area contributed by atoms with Gasteiger partial charge in [-0.1, -0.05) is 0 Å². The predicted octanol–water partition coefficient (Wildman–Crippen LogP) is 2.73. The molecule has 0 saturated carbocycles. The van der Waals surface area contributed by atoms with E-state index in [0.717, 1.165) is 22.6 Å². The zero-order valence-corrected chi connectivity index (χ0v) is 13.7. The van der Waals surface area contributed by atoms with Gasteiger partial charge in [0.15, 0.2) is 5.69 Å². The highest BCUT2D eigenvalue weighted by molar-refractivity contribution is 5.84. The maximum absolute atomic E-state index is 13.1. The number of carboxylic acids is 1. The summed E-state index contributed by atoms with van der Waals surface area (Å²) in [6, 6.07) is 6.12. The Labute approximate surface area is 143 Å². The van der Waals surface area contributed by atoms with E-state index in [1.54, 1.807) is 16.8 Å². The lowest BCUT2D eigenvalue weighted by atomic mass is 10.2. The summed E-state index contributed by atoms with van der Waals surface area (Å²) in [5, 5.41) is 16.4. The average Bonchev–Trinajstić information content (AvgIpc) is 2.88. The fourth-order valence-corrected chi connectivity index (χ4v) is 2.47. The van der Waals surface area contributed by atoms with Gasteiger partial charge in [0, 0.05) is 17.8 Å². The molecule has 0 spiro atoms.